The average molecular weight is 177 g/mol. The molecule has 6 nitrogen and oxygen atoms in total. The molecule has 6 heteroatoms. The highest BCUT2D eigenvalue weighted by atomic mass is 16.2. The summed E-state index contributed by atoms with van der Waals surface area (Å²) < 4.78 is 0. The molecule has 0 aromatic carbocycles. The lowest BCUT2D eigenvalue weighted by atomic mass is 10.3. The van der Waals surface area contributed by atoms with Crippen molar-refractivity contribution in [3.05, 3.63) is 18.2 Å². The van der Waals surface area contributed by atoms with Crippen LogP contribution in [0, 0.1) is 0 Å². The van der Waals surface area contributed by atoms with E-state index in [1.54, 1.807) is 13.2 Å². The molecule has 0 bridgehead atoms. The minimum Gasteiger partial charge on any atom is -0.352 e. The van der Waals surface area contributed by atoms with Crippen LogP contribution in [-0.4, -0.2) is 33.1 Å². The van der Waals surface area contributed by atoms with Gasteiger partial charge in [0.1, 0.15) is 5.69 Å². The number of nitrogens with zero attached hydrogens (tertiary/aromatic N) is 3. The fourth-order valence-corrected chi connectivity index (χ4v) is 0.980. The van der Waals surface area contributed by atoms with Crippen LogP contribution in [0.3, 0.4) is 0 Å². The van der Waals surface area contributed by atoms with Crippen LogP contribution < -0.4 is 5.32 Å². The Labute approximate surface area is 73.7 Å². The molecule has 0 aliphatic carbocycles. The molecule has 0 fully saturated rings. The number of amides is 1. The second kappa shape index (κ2) is 2.81. The van der Waals surface area contributed by atoms with Gasteiger partial charge < -0.3 is 10.3 Å². The third-order valence-electron chi connectivity index (χ3n) is 1.64. The number of carbonyl (C=O) groups is 1. The number of nitrogens with one attached hydrogen (secondary N) is 2. The lowest BCUT2D eigenvalue weighted by Crippen LogP contribution is -2.20. The maximum Gasteiger partial charge on any atom is 0.286 e. The first kappa shape index (κ1) is 7.66. The van der Waals surface area contributed by atoms with E-state index in [0.717, 1.165) is 0 Å². The Kier molecular flexibility index (Phi) is 1.66. The number of aromatic nitrogens is 4. The third kappa shape index (κ3) is 1.22. The first-order valence-corrected chi connectivity index (χ1v) is 3.70. The van der Waals surface area contributed by atoms with Gasteiger partial charge in [0.2, 0.25) is 0 Å². The summed E-state index contributed by atoms with van der Waals surface area (Å²) in [5.41, 5.74) is 1.35. The van der Waals surface area contributed by atoms with E-state index in [1.807, 2.05) is 0 Å². The molecule has 0 atom stereocenters. The van der Waals surface area contributed by atoms with E-state index in [-0.39, 0.29) is 11.7 Å². The average Bonchev–Trinajstić information content (AvgIpc) is 2.63. The molecule has 0 saturated carbocycles. The molecular formula is C7H7N5O. The first-order chi connectivity index (χ1) is 6.31. The van der Waals surface area contributed by atoms with Gasteiger partial charge in [0.05, 0.1) is 18.1 Å². The SMILES string of the molecule is CNC(=O)c1ncc2nncc-2[nH]1. The van der Waals surface area contributed by atoms with Gasteiger partial charge in [-0.3, -0.25) is 4.79 Å². The highest BCUT2D eigenvalue weighted by Crippen LogP contribution is 2.12. The van der Waals surface area contributed by atoms with E-state index in [2.05, 4.69) is 25.5 Å². The molecule has 0 aromatic heterocycles. The number of H-pyrrole nitrogens is 1. The number of aromatic amines is 1. The van der Waals surface area contributed by atoms with Gasteiger partial charge in [0.15, 0.2) is 5.82 Å². The van der Waals surface area contributed by atoms with Crippen LogP contribution >= 0.6 is 0 Å². The van der Waals surface area contributed by atoms with Crippen molar-refractivity contribution >= 4 is 5.91 Å². The second-order valence-electron chi connectivity index (χ2n) is 2.45. The second-order valence-corrected chi connectivity index (χ2v) is 2.45. The number of rotatable bonds is 1. The number of hydrogen-bond acceptors (Lipinski definition) is 4. The minimum absolute atomic E-state index is 0.254. The van der Waals surface area contributed by atoms with Crippen molar-refractivity contribution in [3.63, 3.8) is 0 Å². The molecule has 0 radical (unpaired) electrons. The number of carbonyl (C=O) groups excluding carboxylic acids is 1. The minimum atomic E-state index is -0.261. The molecule has 2 rings (SSSR count). The molecule has 0 unspecified atom stereocenters. The highest BCUT2D eigenvalue weighted by molar-refractivity contribution is 5.90. The van der Waals surface area contributed by atoms with Crippen molar-refractivity contribution in [2.45, 2.75) is 0 Å². The predicted octanol–water partition coefficient (Wildman–Crippen LogP) is -0.336. The summed E-state index contributed by atoms with van der Waals surface area (Å²) >= 11 is 0. The topological polar surface area (TPSA) is 83.6 Å². The summed E-state index contributed by atoms with van der Waals surface area (Å²) in [6, 6.07) is 0. The zero-order valence-corrected chi connectivity index (χ0v) is 6.90. The monoisotopic (exact) mass is 177 g/mol. The molecule has 13 heavy (non-hydrogen) atoms. The van der Waals surface area contributed by atoms with E-state index < -0.39 is 0 Å². The van der Waals surface area contributed by atoms with E-state index >= 15 is 0 Å². The van der Waals surface area contributed by atoms with Crippen LogP contribution in [0.2, 0.25) is 0 Å². The van der Waals surface area contributed by atoms with Crippen molar-refractivity contribution in [3.8, 4) is 11.4 Å². The van der Waals surface area contributed by atoms with Gasteiger partial charge in [-0.25, -0.2) is 4.98 Å². The maximum atomic E-state index is 11.1. The molecule has 2 aliphatic rings. The fraction of sp³-hybridized carbons (Fsp3) is 0.143. The molecule has 2 N–H and O–H groups in total. The zero-order chi connectivity index (χ0) is 9.26. The van der Waals surface area contributed by atoms with Gasteiger partial charge >= 0.3 is 0 Å². The van der Waals surface area contributed by atoms with E-state index in [0.29, 0.717) is 11.4 Å². The maximum absolute atomic E-state index is 11.1. The molecule has 66 valence electrons. The highest BCUT2D eigenvalue weighted by Gasteiger charge is 2.10. The van der Waals surface area contributed by atoms with Crippen LogP contribution in [0.25, 0.3) is 11.4 Å². The van der Waals surface area contributed by atoms with E-state index in [9.17, 15) is 4.79 Å². The molecule has 2 heterocycles. The van der Waals surface area contributed by atoms with Crippen LogP contribution in [0.1, 0.15) is 10.6 Å². The predicted molar refractivity (Wildman–Crippen MR) is 44.2 cm³/mol. The Bertz CT molecular complexity index is 409. The molecular weight excluding hydrogens is 170 g/mol. The van der Waals surface area contributed by atoms with Gasteiger partial charge in [0, 0.05) is 7.05 Å². The molecule has 2 aliphatic heterocycles. The molecule has 0 saturated heterocycles. The largest absolute Gasteiger partial charge is 0.352 e. The summed E-state index contributed by atoms with van der Waals surface area (Å²) in [6.07, 6.45) is 3.05. The number of hydrogen-bond donors (Lipinski definition) is 2. The van der Waals surface area contributed by atoms with Crippen molar-refractivity contribution in [2.75, 3.05) is 7.05 Å². The van der Waals surface area contributed by atoms with Gasteiger partial charge in [-0.15, -0.1) is 5.10 Å². The van der Waals surface area contributed by atoms with Crippen molar-refractivity contribution in [1.82, 2.24) is 25.5 Å². The summed E-state index contributed by atoms with van der Waals surface area (Å²) in [6.45, 7) is 0. The lowest BCUT2D eigenvalue weighted by Gasteiger charge is -2.00. The molecule has 0 spiro atoms. The van der Waals surface area contributed by atoms with Gasteiger partial charge in [-0.2, -0.15) is 5.10 Å². The van der Waals surface area contributed by atoms with Gasteiger partial charge in [-0.05, 0) is 0 Å². The van der Waals surface area contributed by atoms with Crippen LogP contribution in [-0.2, 0) is 0 Å². The smallest absolute Gasteiger partial charge is 0.286 e. The Morgan fingerprint density at radius 2 is 2.38 bits per heavy atom. The Balaban J connectivity index is 2.49. The van der Waals surface area contributed by atoms with Gasteiger partial charge in [-0.1, -0.05) is 0 Å². The summed E-state index contributed by atoms with van der Waals surface area (Å²) in [5, 5.41) is 9.91. The zero-order valence-electron chi connectivity index (χ0n) is 6.90. The molecule has 1 amide bonds. The van der Waals surface area contributed by atoms with Crippen LogP contribution in [0.15, 0.2) is 12.4 Å². The Hall–Kier alpha value is -1.98. The van der Waals surface area contributed by atoms with Crippen LogP contribution in [0.5, 0.6) is 0 Å². The van der Waals surface area contributed by atoms with Crippen LogP contribution in [0.4, 0.5) is 0 Å². The normalized spacial score (nSPS) is 10.2. The van der Waals surface area contributed by atoms with Gasteiger partial charge in [0.25, 0.3) is 5.91 Å². The summed E-state index contributed by atoms with van der Waals surface area (Å²) in [4.78, 5) is 17.8. The quantitative estimate of drug-likeness (QED) is 0.624. The Morgan fingerprint density at radius 3 is 3.15 bits per heavy atom. The van der Waals surface area contributed by atoms with Crippen molar-refractivity contribution < 1.29 is 4.79 Å². The number of fused-ring (bicyclic) bond motifs is 1. The van der Waals surface area contributed by atoms with Crippen molar-refractivity contribution in [1.29, 1.82) is 0 Å². The summed E-state index contributed by atoms with van der Waals surface area (Å²) in [7, 11) is 1.55. The van der Waals surface area contributed by atoms with Crippen molar-refractivity contribution in [2.24, 2.45) is 0 Å². The van der Waals surface area contributed by atoms with E-state index in [1.165, 1.54) is 6.20 Å². The molecule has 0 aromatic rings. The third-order valence-corrected chi connectivity index (χ3v) is 1.64. The summed E-state index contributed by atoms with van der Waals surface area (Å²) in [5.74, 6) is -0.00657. The fourth-order valence-electron chi connectivity index (χ4n) is 0.980. The standard InChI is InChI=1S/C7H7N5O/c1-8-7(13)6-9-2-5-4(11-6)3-10-12-5/h2-3H,1H3,(H,8,13)(H,9,11). The van der Waals surface area contributed by atoms with E-state index in [4.69, 9.17) is 0 Å². The lowest BCUT2D eigenvalue weighted by molar-refractivity contribution is 0.0953. The Morgan fingerprint density at radius 1 is 1.54 bits per heavy atom. The first-order valence-electron chi connectivity index (χ1n) is 3.70.